The number of aliphatic imine (C=N–C) groups is 1. The average Bonchev–Trinajstić information content (AvgIpc) is 3.23. The van der Waals surface area contributed by atoms with Gasteiger partial charge in [0.2, 0.25) is 0 Å². The van der Waals surface area contributed by atoms with E-state index in [0.717, 1.165) is 45.8 Å². The zero-order chi connectivity index (χ0) is 19.3. The van der Waals surface area contributed by atoms with Gasteiger partial charge >= 0.3 is 0 Å². The number of nitrogens with two attached hydrogens (primary N) is 1. The van der Waals surface area contributed by atoms with Crippen molar-refractivity contribution in [2.45, 2.75) is 23.9 Å². The van der Waals surface area contributed by atoms with Crippen molar-refractivity contribution in [2.24, 2.45) is 10.7 Å². The van der Waals surface area contributed by atoms with Crippen LogP contribution in [0.15, 0.2) is 45.6 Å². The molecular formula is C21H28N4OS2. The second-order valence-electron chi connectivity index (χ2n) is 7.18. The first-order valence-corrected chi connectivity index (χ1v) is 11.9. The van der Waals surface area contributed by atoms with Gasteiger partial charge in [0.1, 0.15) is 0 Å². The van der Waals surface area contributed by atoms with Gasteiger partial charge < -0.3 is 15.4 Å². The molecule has 1 aromatic carbocycles. The Kier molecular flexibility index (Phi) is 6.57. The van der Waals surface area contributed by atoms with Crippen LogP contribution in [-0.2, 0) is 17.7 Å². The first-order chi connectivity index (χ1) is 13.7. The van der Waals surface area contributed by atoms with E-state index >= 15 is 0 Å². The molecule has 0 amide bonds. The number of thioether (sulfide) groups is 1. The van der Waals surface area contributed by atoms with E-state index in [1.807, 2.05) is 11.3 Å². The molecular weight excluding hydrogens is 388 g/mol. The van der Waals surface area contributed by atoms with Crippen LogP contribution in [0.2, 0.25) is 0 Å². The predicted molar refractivity (Wildman–Crippen MR) is 118 cm³/mol. The van der Waals surface area contributed by atoms with E-state index in [-0.39, 0.29) is 6.04 Å². The maximum atomic E-state index is 6.31. The number of hydrogen-bond donors (Lipinski definition) is 1. The van der Waals surface area contributed by atoms with Crippen molar-refractivity contribution in [1.82, 2.24) is 9.80 Å². The average molecular weight is 417 g/mol. The molecule has 3 heterocycles. The number of fused-ring (bicyclic) bond motifs is 1. The van der Waals surface area contributed by atoms with Crippen LogP contribution in [0.5, 0.6) is 0 Å². The molecule has 0 spiro atoms. The van der Waals surface area contributed by atoms with Crippen molar-refractivity contribution in [3.63, 3.8) is 0 Å². The van der Waals surface area contributed by atoms with E-state index in [4.69, 9.17) is 15.5 Å². The second kappa shape index (κ2) is 9.31. The van der Waals surface area contributed by atoms with Gasteiger partial charge in [0, 0.05) is 36.0 Å². The lowest BCUT2D eigenvalue weighted by Crippen LogP contribution is -2.45. The molecule has 7 heteroatoms. The maximum absolute atomic E-state index is 6.31. The highest BCUT2D eigenvalue weighted by molar-refractivity contribution is 7.98. The third-order valence-electron chi connectivity index (χ3n) is 5.54. The highest BCUT2D eigenvalue weighted by Crippen LogP contribution is 2.31. The van der Waals surface area contributed by atoms with E-state index in [1.165, 1.54) is 20.9 Å². The molecule has 0 radical (unpaired) electrons. The lowest BCUT2D eigenvalue weighted by atomic mass is 10.0. The summed E-state index contributed by atoms with van der Waals surface area (Å²) in [4.78, 5) is 12.3. The van der Waals surface area contributed by atoms with Gasteiger partial charge in [-0.2, -0.15) is 0 Å². The summed E-state index contributed by atoms with van der Waals surface area (Å²) in [6.07, 6.45) is 3.23. The van der Waals surface area contributed by atoms with Gasteiger partial charge in [0.15, 0.2) is 5.96 Å². The summed E-state index contributed by atoms with van der Waals surface area (Å²) in [5, 5.41) is 2.21. The number of guanidine groups is 1. The molecule has 28 heavy (non-hydrogen) atoms. The van der Waals surface area contributed by atoms with E-state index in [0.29, 0.717) is 12.5 Å². The SMILES string of the molecule is CSc1ccc(C(CN=C(N)N2CCOCC2)N2CCc3sccc3C2)cc1. The molecule has 1 unspecified atom stereocenters. The van der Waals surface area contributed by atoms with Crippen LogP contribution >= 0.6 is 23.1 Å². The van der Waals surface area contributed by atoms with Crippen molar-refractivity contribution < 1.29 is 4.74 Å². The number of benzene rings is 1. The summed E-state index contributed by atoms with van der Waals surface area (Å²) in [5.74, 6) is 0.641. The summed E-state index contributed by atoms with van der Waals surface area (Å²) < 4.78 is 5.43. The number of rotatable bonds is 5. The third kappa shape index (κ3) is 4.54. The minimum absolute atomic E-state index is 0.239. The summed E-state index contributed by atoms with van der Waals surface area (Å²) in [6.45, 7) is 5.83. The number of ether oxygens (including phenoxy) is 1. The van der Waals surface area contributed by atoms with Crippen molar-refractivity contribution in [2.75, 3.05) is 45.6 Å². The molecule has 150 valence electrons. The van der Waals surface area contributed by atoms with Crippen LogP contribution in [0, 0.1) is 0 Å². The predicted octanol–water partition coefficient (Wildman–Crippen LogP) is 3.22. The van der Waals surface area contributed by atoms with E-state index in [2.05, 4.69) is 51.8 Å². The maximum Gasteiger partial charge on any atom is 0.191 e. The fourth-order valence-electron chi connectivity index (χ4n) is 3.87. The first-order valence-electron chi connectivity index (χ1n) is 9.80. The molecule has 2 N–H and O–H groups in total. The molecule has 2 aliphatic rings. The number of morpholine rings is 1. The largest absolute Gasteiger partial charge is 0.378 e. The minimum Gasteiger partial charge on any atom is -0.378 e. The standard InChI is InChI=1S/C21H28N4OS2/c1-27-18-4-2-16(3-5-18)19(14-23-21(22)24-9-11-26-12-10-24)25-8-6-20-17(15-25)7-13-28-20/h2-5,7,13,19H,6,8-12,14-15H2,1H3,(H2,22,23). The Hall–Kier alpha value is -1.54. The summed E-state index contributed by atoms with van der Waals surface area (Å²) in [7, 11) is 0. The van der Waals surface area contributed by atoms with Gasteiger partial charge in [-0.25, -0.2) is 0 Å². The van der Waals surface area contributed by atoms with Crippen LogP contribution in [0.25, 0.3) is 0 Å². The fourth-order valence-corrected chi connectivity index (χ4v) is 5.16. The van der Waals surface area contributed by atoms with Crippen LogP contribution in [0.4, 0.5) is 0 Å². The molecule has 1 atom stereocenters. The molecule has 2 aromatic rings. The molecule has 0 bridgehead atoms. The Morgan fingerprint density at radius 1 is 1.21 bits per heavy atom. The number of thiophene rings is 1. The lowest BCUT2D eigenvalue weighted by Gasteiger charge is -2.34. The van der Waals surface area contributed by atoms with Crippen LogP contribution in [0.1, 0.15) is 22.0 Å². The topological polar surface area (TPSA) is 54.1 Å². The van der Waals surface area contributed by atoms with Crippen LogP contribution in [-0.4, -0.2) is 61.4 Å². The van der Waals surface area contributed by atoms with Gasteiger partial charge in [-0.1, -0.05) is 12.1 Å². The van der Waals surface area contributed by atoms with E-state index in [9.17, 15) is 0 Å². The third-order valence-corrected chi connectivity index (χ3v) is 7.31. The van der Waals surface area contributed by atoms with Gasteiger partial charge in [0.05, 0.1) is 25.8 Å². The van der Waals surface area contributed by atoms with Crippen molar-refractivity contribution >= 4 is 29.1 Å². The second-order valence-corrected chi connectivity index (χ2v) is 9.06. The Morgan fingerprint density at radius 3 is 2.75 bits per heavy atom. The van der Waals surface area contributed by atoms with Gasteiger partial charge in [0.25, 0.3) is 0 Å². The summed E-state index contributed by atoms with van der Waals surface area (Å²) >= 11 is 3.66. The minimum atomic E-state index is 0.239. The monoisotopic (exact) mass is 416 g/mol. The number of nitrogens with zero attached hydrogens (tertiary/aromatic N) is 3. The zero-order valence-corrected chi connectivity index (χ0v) is 18.0. The Balaban J connectivity index is 1.54. The highest BCUT2D eigenvalue weighted by Gasteiger charge is 2.26. The molecule has 1 fully saturated rings. The Labute approximate surface area is 175 Å². The quantitative estimate of drug-likeness (QED) is 0.461. The molecule has 4 rings (SSSR count). The van der Waals surface area contributed by atoms with E-state index < -0.39 is 0 Å². The highest BCUT2D eigenvalue weighted by atomic mass is 32.2. The molecule has 1 saturated heterocycles. The summed E-state index contributed by atoms with van der Waals surface area (Å²) in [6, 6.07) is 11.4. The van der Waals surface area contributed by atoms with Gasteiger partial charge in [-0.05, 0) is 47.4 Å². The van der Waals surface area contributed by atoms with Crippen molar-refractivity contribution in [1.29, 1.82) is 0 Å². The van der Waals surface area contributed by atoms with Gasteiger partial charge in [-0.15, -0.1) is 23.1 Å². The molecule has 0 aliphatic carbocycles. The number of hydrogen-bond acceptors (Lipinski definition) is 5. The molecule has 5 nitrogen and oxygen atoms in total. The van der Waals surface area contributed by atoms with Crippen molar-refractivity contribution in [3.8, 4) is 0 Å². The normalized spacial score (nSPS) is 19.5. The molecule has 1 aromatic heterocycles. The zero-order valence-electron chi connectivity index (χ0n) is 16.3. The lowest BCUT2D eigenvalue weighted by molar-refractivity contribution is 0.0673. The Bertz CT molecular complexity index is 799. The first kappa shape index (κ1) is 19.8. The van der Waals surface area contributed by atoms with Crippen LogP contribution < -0.4 is 5.73 Å². The fraction of sp³-hybridized carbons (Fsp3) is 0.476. The molecule has 2 aliphatic heterocycles. The van der Waals surface area contributed by atoms with Crippen LogP contribution in [0.3, 0.4) is 0 Å². The van der Waals surface area contributed by atoms with Crippen molar-refractivity contribution in [3.05, 3.63) is 51.7 Å². The Morgan fingerprint density at radius 2 is 2.00 bits per heavy atom. The smallest absolute Gasteiger partial charge is 0.191 e. The summed E-state index contributed by atoms with van der Waals surface area (Å²) in [5.41, 5.74) is 9.09. The van der Waals surface area contributed by atoms with E-state index in [1.54, 1.807) is 11.8 Å². The molecule has 0 saturated carbocycles. The van der Waals surface area contributed by atoms with Gasteiger partial charge in [-0.3, -0.25) is 9.89 Å².